The van der Waals surface area contributed by atoms with Crippen LogP contribution in [-0.4, -0.2) is 30.6 Å². The first kappa shape index (κ1) is 18.1. The number of fused-ring (bicyclic) bond motifs is 1. The number of ether oxygens (including phenoxy) is 2. The molecule has 0 fully saturated rings. The number of furan rings is 1. The Morgan fingerprint density at radius 3 is 2.67 bits per heavy atom. The molecule has 140 valence electrons. The number of hydrogen-bond donors (Lipinski definition) is 2. The van der Waals surface area contributed by atoms with Crippen molar-refractivity contribution >= 4 is 23.9 Å². The van der Waals surface area contributed by atoms with Gasteiger partial charge < -0.3 is 34.4 Å². The number of carbonyl (C=O) groups is 3. The van der Waals surface area contributed by atoms with E-state index in [0.717, 1.165) is 0 Å². The van der Waals surface area contributed by atoms with Gasteiger partial charge in [0.15, 0.2) is 17.3 Å². The molecule has 1 aliphatic heterocycles. The van der Waals surface area contributed by atoms with Crippen LogP contribution < -0.4 is 25.2 Å². The Hall–Kier alpha value is -3.75. The van der Waals surface area contributed by atoms with Crippen molar-refractivity contribution in [1.29, 1.82) is 0 Å². The molecule has 1 aliphatic rings. The molecule has 2 N–H and O–H groups in total. The van der Waals surface area contributed by atoms with Crippen LogP contribution >= 0.6 is 0 Å². The first-order chi connectivity index (χ1) is 12.9. The van der Waals surface area contributed by atoms with Gasteiger partial charge in [0, 0.05) is 0 Å². The van der Waals surface area contributed by atoms with Gasteiger partial charge in [-0.15, -0.1) is 0 Å². The van der Waals surface area contributed by atoms with E-state index in [1.807, 2.05) is 0 Å². The van der Waals surface area contributed by atoms with Crippen molar-refractivity contribution < 1.29 is 33.4 Å². The number of carbonyl (C=O) groups excluding carboxylic acids is 3. The SMILES string of the molecule is C[C@@H](NC(=O)/C(=C\c1ccc2c(c1)OCO2)NC(=O)c1ccco1)C(=O)[O-]. The highest BCUT2D eigenvalue weighted by molar-refractivity contribution is 6.05. The van der Waals surface area contributed by atoms with Gasteiger partial charge in [-0.05, 0) is 42.8 Å². The van der Waals surface area contributed by atoms with E-state index in [0.29, 0.717) is 17.1 Å². The Morgan fingerprint density at radius 2 is 1.96 bits per heavy atom. The van der Waals surface area contributed by atoms with Crippen LogP contribution in [0.5, 0.6) is 11.5 Å². The Labute approximate surface area is 153 Å². The number of nitrogens with one attached hydrogen (secondary N) is 2. The largest absolute Gasteiger partial charge is 0.548 e. The Kier molecular flexibility index (Phi) is 5.11. The number of aliphatic carboxylic acids is 1. The second kappa shape index (κ2) is 7.65. The van der Waals surface area contributed by atoms with Crippen LogP contribution in [0.1, 0.15) is 23.0 Å². The molecule has 0 saturated carbocycles. The Bertz CT molecular complexity index is 902. The molecule has 3 rings (SSSR count). The molecule has 1 aromatic heterocycles. The zero-order valence-corrected chi connectivity index (χ0v) is 14.2. The van der Waals surface area contributed by atoms with Gasteiger partial charge in [0.05, 0.1) is 18.3 Å². The standard InChI is InChI=1S/C18H16N2O7/c1-10(18(23)24)19-16(21)12(20-17(22)14-3-2-6-25-14)7-11-4-5-13-15(8-11)27-9-26-13/h2-8,10H,9H2,1H3,(H,19,21)(H,20,22)(H,23,24)/p-1/b12-7+/t10-/m1/s1. The summed E-state index contributed by atoms with van der Waals surface area (Å²) in [6.45, 7) is 1.34. The van der Waals surface area contributed by atoms with E-state index in [9.17, 15) is 19.5 Å². The van der Waals surface area contributed by atoms with Gasteiger partial charge in [0.2, 0.25) is 6.79 Å². The van der Waals surface area contributed by atoms with Gasteiger partial charge in [-0.25, -0.2) is 0 Å². The summed E-state index contributed by atoms with van der Waals surface area (Å²) in [5, 5.41) is 15.5. The highest BCUT2D eigenvalue weighted by atomic mass is 16.7. The molecule has 27 heavy (non-hydrogen) atoms. The van der Waals surface area contributed by atoms with Crippen molar-refractivity contribution in [2.24, 2.45) is 0 Å². The molecule has 2 heterocycles. The minimum absolute atomic E-state index is 0.00710. The first-order valence-corrected chi connectivity index (χ1v) is 7.92. The van der Waals surface area contributed by atoms with E-state index >= 15 is 0 Å². The summed E-state index contributed by atoms with van der Waals surface area (Å²) in [5.74, 6) is -1.88. The van der Waals surface area contributed by atoms with Crippen molar-refractivity contribution in [2.75, 3.05) is 6.79 Å². The molecule has 2 amide bonds. The third-order valence-corrected chi connectivity index (χ3v) is 3.65. The minimum atomic E-state index is -1.46. The average Bonchev–Trinajstić information content (AvgIpc) is 3.32. The second-order valence-corrected chi connectivity index (χ2v) is 5.62. The second-order valence-electron chi connectivity index (χ2n) is 5.62. The predicted molar refractivity (Wildman–Crippen MR) is 89.3 cm³/mol. The number of amides is 2. The van der Waals surface area contributed by atoms with Crippen LogP contribution in [0.25, 0.3) is 6.08 Å². The van der Waals surface area contributed by atoms with Crippen molar-refractivity contribution in [3.63, 3.8) is 0 Å². The van der Waals surface area contributed by atoms with Crippen LogP contribution in [0.15, 0.2) is 46.7 Å². The van der Waals surface area contributed by atoms with Gasteiger partial charge in [-0.3, -0.25) is 9.59 Å². The molecule has 9 nitrogen and oxygen atoms in total. The summed E-state index contributed by atoms with van der Waals surface area (Å²) in [7, 11) is 0. The van der Waals surface area contributed by atoms with E-state index in [1.54, 1.807) is 18.2 Å². The number of rotatable bonds is 6. The predicted octanol–water partition coefficient (Wildman–Crippen LogP) is 0.0338. The molecule has 0 radical (unpaired) electrons. The summed E-state index contributed by atoms with van der Waals surface area (Å²) in [4.78, 5) is 35.5. The Morgan fingerprint density at radius 1 is 1.19 bits per heavy atom. The van der Waals surface area contributed by atoms with E-state index in [-0.39, 0.29) is 18.3 Å². The lowest BCUT2D eigenvalue weighted by Crippen LogP contribution is -2.48. The molecular weight excluding hydrogens is 356 g/mol. The quantitative estimate of drug-likeness (QED) is 0.685. The third kappa shape index (κ3) is 4.27. The van der Waals surface area contributed by atoms with Crippen molar-refractivity contribution in [3.8, 4) is 11.5 Å². The number of benzene rings is 1. The van der Waals surface area contributed by atoms with Crippen molar-refractivity contribution in [3.05, 3.63) is 53.6 Å². The fraction of sp³-hybridized carbons (Fsp3) is 0.167. The lowest BCUT2D eigenvalue weighted by atomic mass is 10.1. The Balaban J connectivity index is 1.87. The summed E-state index contributed by atoms with van der Waals surface area (Å²) in [5.41, 5.74) is 0.355. The summed E-state index contributed by atoms with van der Waals surface area (Å²) in [6.07, 6.45) is 2.69. The number of carboxylic acids is 1. The maximum absolute atomic E-state index is 12.4. The van der Waals surface area contributed by atoms with Crippen LogP contribution in [0.3, 0.4) is 0 Å². The zero-order valence-electron chi connectivity index (χ0n) is 14.2. The van der Waals surface area contributed by atoms with Gasteiger partial charge in [-0.1, -0.05) is 6.07 Å². The molecule has 0 spiro atoms. The maximum atomic E-state index is 12.4. The van der Waals surface area contributed by atoms with Gasteiger partial charge in [0.1, 0.15) is 5.70 Å². The molecular formula is C18H15N2O7-. The highest BCUT2D eigenvalue weighted by Crippen LogP contribution is 2.33. The van der Waals surface area contributed by atoms with E-state index in [2.05, 4.69) is 10.6 Å². The lowest BCUT2D eigenvalue weighted by Gasteiger charge is -2.16. The molecule has 0 aliphatic carbocycles. The summed E-state index contributed by atoms with van der Waals surface area (Å²) in [6, 6.07) is 6.63. The van der Waals surface area contributed by atoms with E-state index in [1.165, 1.54) is 31.4 Å². The summed E-state index contributed by atoms with van der Waals surface area (Å²) < 4.78 is 15.5. The smallest absolute Gasteiger partial charge is 0.291 e. The van der Waals surface area contributed by atoms with E-state index < -0.39 is 23.8 Å². The third-order valence-electron chi connectivity index (χ3n) is 3.65. The molecule has 0 bridgehead atoms. The zero-order chi connectivity index (χ0) is 19.4. The maximum Gasteiger partial charge on any atom is 0.291 e. The summed E-state index contributed by atoms with van der Waals surface area (Å²) >= 11 is 0. The van der Waals surface area contributed by atoms with Crippen molar-refractivity contribution in [2.45, 2.75) is 13.0 Å². The lowest BCUT2D eigenvalue weighted by molar-refractivity contribution is -0.307. The van der Waals surface area contributed by atoms with E-state index in [4.69, 9.17) is 13.9 Å². The van der Waals surface area contributed by atoms with Crippen LogP contribution in [-0.2, 0) is 9.59 Å². The van der Waals surface area contributed by atoms with Crippen LogP contribution in [0, 0.1) is 0 Å². The minimum Gasteiger partial charge on any atom is -0.548 e. The van der Waals surface area contributed by atoms with Crippen molar-refractivity contribution in [1.82, 2.24) is 10.6 Å². The topological polar surface area (TPSA) is 130 Å². The first-order valence-electron chi connectivity index (χ1n) is 7.92. The molecule has 0 unspecified atom stereocenters. The van der Waals surface area contributed by atoms with Crippen LogP contribution in [0.2, 0.25) is 0 Å². The number of hydrogen-bond acceptors (Lipinski definition) is 7. The van der Waals surface area contributed by atoms with Gasteiger partial charge in [-0.2, -0.15) is 0 Å². The van der Waals surface area contributed by atoms with Gasteiger partial charge in [0.25, 0.3) is 11.8 Å². The van der Waals surface area contributed by atoms with Gasteiger partial charge >= 0.3 is 0 Å². The number of carboxylic acid groups (broad SMARTS) is 1. The highest BCUT2D eigenvalue weighted by Gasteiger charge is 2.19. The molecule has 9 heteroatoms. The molecule has 0 saturated heterocycles. The molecule has 1 aromatic carbocycles. The molecule has 2 aromatic rings. The average molecular weight is 371 g/mol. The fourth-order valence-electron chi connectivity index (χ4n) is 2.25. The van der Waals surface area contributed by atoms with Crippen LogP contribution in [0.4, 0.5) is 0 Å². The monoisotopic (exact) mass is 371 g/mol. The normalized spacial score (nSPS) is 13.7. The fourth-order valence-corrected chi connectivity index (χ4v) is 2.25. The molecule has 1 atom stereocenters.